The van der Waals surface area contributed by atoms with Gasteiger partial charge in [0, 0.05) is 23.9 Å². The van der Waals surface area contributed by atoms with Crippen LogP contribution < -0.4 is 11.2 Å². The number of hydrogen-bond acceptors (Lipinski definition) is 4. The Hall–Kier alpha value is -2.74. The van der Waals surface area contributed by atoms with Crippen LogP contribution in [-0.4, -0.2) is 24.7 Å². The van der Waals surface area contributed by atoms with Gasteiger partial charge >= 0.3 is 5.69 Å². The van der Waals surface area contributed by atoms with Crippen molar-refractivity contribution in [1.82, 2.24) is 24.7 Å². The molecular formula is C13H11N5O2S. The normalized spacial score (nSPS) is 10.7. The van der Waals surface area contributed by atoms with Crippen LogP contribution in [0.4, 0.5) is 0 Å². The largest absolute Gasteiger partial charge is 0.325 e. The van der Waals surface area contributed by atoms with Gasteiger partial charge in [-0.1, -0.05) is 18.2 Å². The lowest BCUT2D eigenvalue weighted by atomic mass is 10.2. The van der Waals surface area contributed by atoms with Gasteiger partial charge in [-0.25, -0.2) is 4.79 Å². The molecule has 0 fully saturated rings. The molecule has 0 saturated heterocycles. The lowest BCUT2D eigenvalue weighted by Gasteiger charge is -2.06. The van der Waals surface area contributed by atoms with Crippen LogP contribution in [0.2, 0.25) is 0 Å². The molecule has 1 aromatic carbocycles. The fourth-order valence-electron chi connectivity index (χ4n) is 2.08. The highest BCUT2D eigenvalue weighted by Gasteiger charge is 2.10. The number of benzene rings is 1. The molecule has 2 aromatic heterocycles. The topological polar surface area (TPSA) is 99.3 Å². The Morgan fingerprint density at radius 2 is 1.90 bits per heavy atom. The first kappa shape index (κ1) is 13.3. The molecule has 7 nitrogen and oxygen atoms in total. The van der Waals surface area contributed by atoms with Crippen LogP contribution in [0.25, 0.3) is 5.69 Å². The van der Waals surface area contributed by atoms with Gasteiger partial charge in [0.2, 0.25) is 0 Å². The van der Waals surface area contributed by atoms with E-state index in [1.807, 2.05) is 30.3 Å². The minimum absolute atomic E-state index is 0.279. The number of H-pyrrole nitrogens is 3. The third-order valence-electron chi connectivity index (χ3n) is 2.92. The van der Waals surface area contributed by atoms with Crippen molar-refractivity contribution < 1.29 is 0 Å². The number of aromatic nitrogens is 5. The number of nitrogens with zero attached hydrogens (tertiary/aromatic N) is 2. The first-order valence-electron chi connectivity index (χ1n) is 6.18. The van der Waals surface area contributed by atoms with Crippen LogP contribution in [0.15, 0.2) is 46.0 Å². The van der Waals surface area contributed by atoms with Crippen LogP contribution >= 0.6 is 12.2 Å². The fraction of sp³-hybridized carbons (Fsp3) is 0.0769. The molecule has 0 unspecified atom stereocenters. The lowest BCUT2D eigenvalue weighted by Crippen LogP contribution is -2.23. The van der Waals surface area contributed by atoms with E-state index in [9.17, 15) is 9.59 Å². The van der Waals surface area contributed by atoms with Crippen molar-refractivity contribution >= 4 is 12.2 Å². The Bertz CT molecular complexity index is 907. The molecule has 8 heteroatoms. The van der Waals surface area contributed by atoms with Crippen molar-refractivity contribution in [3.8, 4) is 5.69 Å². The predicted octanol–water partition coefficient (Wildman–Crippen LogP) is 0.897. The molecular weight excluding hydrogens is 290 g/mol. The average Bonchev–Trinajstić information content (AvgIpc) is 2.79. The molecule has 21 heavy (non-hydrogen) atoms. The van der Waals surface area contributed by atoms with E-state index in [4.69, 9.17) is 12.2 Å². The van der Waals surface area contributed by atoms with Gasteiger partial charge in [-0.3, -0.25) is 19.4 Å². The molecule has 0 atom stereocenters. The zero-order valence-corrected chi connectivity index (χ0v) is 11.6. The Labute approximate surface area is 123 Å². The van der Waals surface area contributed by atoms with Crippen LogP contribution in [-0.2, 0) is 6.42 Å². The van der Waals surface area contributed by atoms with Crippen molar-refractivity contribution in [2.24, 2.45) is 0 Å². The molecule has 3 N–H and O–H groups in total. The highest BCUT2D eigenvalue weighted by Crippen LogP contribution is 2.12. The van der Waals surface area contributed by atoms with Gasteiger partial charge in [-0.2, -0.15) is 5.10 Å². The van der Waals surface area contributed by atoms with E-state index in [0.717, 1.165) is 5.69 Å². The number of aromatic amines is 3. The maximum Gasteiger partial charge on any atom is 0.325 e. The summed E-state index contributed by atoms with van der Waals surface area (Å²) >= 11 is 5.23. The molecule has 0 saturated carbocycles. The number of hydrogen-bond donors (Lipinski definition) is 3. The lowest BCUT2D eigenvalue weighted by molar-refractivity contribution is 0.860. The zero-order valence-electron chi connectivity index (χ0n) is 10.8. The van der Waals surface area contributed by atoms with Gasteiger partial charge in [0.05, 0.1) is 0 Å². The maximum absolute atomic E-state index is 11.3. The van der Waals surface area contributed by atoms with Crippen molar-refractivity contribution in [2.75, 3.05) is 0 Å². The molecule has 0 aliphatic carbocycles. The number of nitrogens with one attached hydrogen (secondary N) is 3. The SMILES string of the molecule is O=c1cc(Cc2n[nH]c(=S)n2-c2ccccc2)[nH]c(=O)[nH]1. The standard InChI is InChI=1S/C13H11N5O2S/c19-11-7-8(14-12(20)15-11)6-10-16-17-13(21)18(10)9-4-2-1-3-5-9/h1-5,7H,6H2,(H,17,21)(H2,14,15,19,20). The summed E-state index contributed by atoms with van der Waals surface area (Å²) in [7, 11) is 0. The Kier molecular flexibility index (Phi) is 3.36. The first-order chi connectivity index (χ1) is 10.1. The van der Waals surface area contributed by atoms with E-state index < -0.39 is 11.2 Å². The maximum atomic E-state index is 11.3. The summed E-state index contributed by atoms with van der Waals surface area (Å²) in [5, 5.41) is 6.88. The van der Waals surface area contributed by atoms with E-state index in [2.05, 4.69) is 20.2 Å². The number of para-hydroxylation sites is 1. The average molecular weight is 301 g/mol. The Morgan fingerprint density at radius 1 is 1.14 bits per heavy atom. The summed E-state index contributed by atoms with van der Waals surface area (Å²) in [6.45, 7) is 0. The summed E-state index contributed by atoms with van der Waals surface area (Å²) in [6, 6.07) is 10.8. The molecule has 0 bridgehead atoms. The summed E-state index contributed by atoms with van der Waals surface area (Å²) in [5.74, 6) is 0.604. The predicted molar refractivity (Wildman–Crippen MR) is 79.2 cm³/mol. The van der Waals surface area contributed by atoms with E-state index in [-0.39, 0.29) is 6.42 Å². The highest BCUT2D eigenvalue weighted by molar-refractivity contribution is 7.71. The summed E-state index contributed by atoms with van der Waals surface area (Å²) in [5.41, 5.74) is 0.334. The molecule has 3 rings (SSSR count). The van der Waals surface area contributed by atoms with Crippen molar-refractivity contribution in [1.29, 1.82) is 0 Å². The third-order valence-corrected chi connectivity index (χ3v) is 3.19. The highest BCUT2D eigenvalue weighted by atomic mass is 32.1. The van der Waals surface area contributed by atoms with Crippen molar-refractivity contribution in [3.05, 3.63) is 73.5 Å². The zero-order chi connectivity index (χ0) is 14.8. The van der Waals surface area contributed by atoms with Gasteiger partial charge in [0.15, 0.2) is 4.77 Å². The molecule has 0 spiro atoms. The second-order valence-electron chi connectivity index (χ2n) is 4.41. The summed E-state index contributed by atoms with van der Waals surface area (Å²) < 4.78 is 2.21. The number of rotatable bonds is 3. The van der Waals surface area contributed by atoms with E-state index in [0.29, 0.717) is 16.3 Å². The summed E-state index contributed by atoms with van der Waals surface area (Å²) in [4.78, 5) is 27.3. The quantitative estimate of drug-likeness (QED) is 0.626. The van der Waals surface area contributed by atoms with E-state index in [1.54, 1.807) is 4.57 Å². The second-order valence-corrected chi connectivity index (χ2v) is 4.79. The molecule has 2 heterocycles. The van der Waals surface area contributed by atoms with Crippen LogP contribution in [0.3, 0.4) is 0 Å². The molecule has 0 aliphatic rings. The fourth-order valence-corrected chi connectivity index (χ4v) is 2.33. The Morgan fingerprint density at radius 3 is 2.62 bits per heavy atom. The van der Waals surface area contributed by atoms with Crippen LogP contribution in [0.1, 0.15) is 11.5 Å². The van der Waals surface area contributed by atoms with Crippen LogP contribution in [0, 0.1) is 4.77 Å². The van der Waals surface area contributed by atoms with Crippen LogP contribution in [0.5, 0.6) is 0 Å². The van der Waals surface area contributed by atoms with Gasteiger partial charge < -0.3 is 4.98 Å². The summed E-state index contributed by atoms with van der Waals surface area (Å²) in [6.07, 6.45) is 0.279. The molecule has 0 radical (unpaired) electrons. The van der Waals surface area contributed by atoms with E-state index >= 15 is 0 Å². The minimum Gasteiger partial charge on any atom is -0.311 e. The third kappa shape index (κ3) is 2.75. The van der Waals surface area contributed by atoms with E-state index in [1.165, 1.54) is 6.07 Å². The smallest absolute Gasteiger partial charge is 0.311 e. The van der Waals surface area contributed by atoms with Crippen molar-refractivity contribution in [2.45, 2.75) is 6.42 Å². The second kappa shape index (κ2) is 5.33. The molecule has 3 aromatic rings. The van der Waals surface area contributed by atoms with Gasteiger partial charge in [0.25, 0.3) is 5.56 Å². The first-order valence-corrected chi connectivity index (χ1v) is 6.58. The van der Waals surface area contributed by atoms with Gasteiger partial charge in [-0.05, 0) is 24.4 Å². The van der Waals surface area contributed by atoms with Crippen molar-refractivity contribution in [3.63, 3.8) is 0 Å². The Balaban J connectivity index is 2.07. The minimum atomic E-state index is -0.544. The molecule has 0 aliphatic heterocycles. The van der Waals surface area contributed by atoms with Gasteiger partial charge in [-0.15, -0.1) is 0 Å². The molecule has 106 valence electrons. The molecule has 0 amide bonds. The monoisotopic (exact) mass is 301 g/mol. The van der Waals surface area contributed by atoms with Gasteiger partial charge in [0.1, 0.15) is 5.82 Å².